The zero-order chi connectivity index (χ0) is 20.1. The number of hydrogen-bond acceptors (Lipinski definition) is 5. The first-order valence-electron chi connectivity index (χ1n) is 9.79. The standard InChI is InChI=1S/C22H25N5O2/c1-29-21-7-3-2-6-17(21)13-24-22(28)20-11-19(25-26-20)18-8-10-27(15-18)14-16-5-4-9-23-12-16/h2-7,9,11-12,18H,8,10,13-15H2,1H3,(H,24,28)(H,25,26)/t18-/m1/s1. The van der Waals surface area contributed by atoms with Crippen LogP contribution in [0.3, 0.4) is 0 Å². The lowest BCUT2D eigenvalue weighted by Crippen LogP contribution is -2.23. The molecule has 3 heterocycles. The van der Waals surface area contributed by atoms with E-state index in [-0.39, 0.29) is 5.91 Å². The summed E-state index contributed by atoms with van der Waals surface area (Å²) in [5, 5.41) is 10.2. The molecule has 0 bridgehead atoms. The van der Waals surface area contributed by atoms with Gasteiger partial charge >= 0.3 is 0 Å². The summed E-state index contributed by atoms with van der Waals surface area (Å²) in [6.45, 7) is 3.26. The van der Waals surface area contributed by atoms with Gasteiger partial charge in [0, 0.05) is 49.2 Å². The molecule has 1 atom stereocenters. The lowest BCUT2D eigenvalue weighted by molar-refractivity contribution is 0.0945. The molecule has 1 saturated heterocycles. The molecular weight excluding hydrogens is 366 g/mol. The molecule has 2 aromatic heterocycles. The summed E-state index contributed by atoms with van der Waals surface area (Å²) in [6, 6.07) is 13.6. The first-order valence-corrected chi connectivity index (χ1v) is 9.79. The first-order chi connectivity index (χ1) is 14.2. The Bertz CT molecular complexity index is 957. The van der Waals surface area contributed by atoms with Gasteiger partial charge in [0.05, 0.1) is 7.11 Å². The molecule has 0 radical (unpaired) electrons. The first kappa shape index (κ1) is 19.1. The Morgan fingerprint density at radius 2 is 2.21 bits per heavy atom. The Morgan fingerprint density at radius 1 is 1.31 bits per heavy atom. The number of para-hydroxylation sites is 1. The number of aromatic nitrogens is 3. The largest absolute Gasteiger partial charge is 0.496 e. The molecule has 4 rings (SSSR count). The average molecular weight is 391 g/mol. The third-order valence-corrected chi connectivity index (χ3v) is 5.30. The second-order valence-electron chi connectivity index (χ2n) is 7.29. The van der Waals surface area contributed by atoms with Crippen molar-refractivity contribution in [1.82, 2.24) is 25.4 Å². The predicted octanol–water partition coefficient (Wildman–Crippen LogP) is 2.73. The van der Waals surface area contributed by atoms with Crippen molar-refractivity contribution in [3.63, 3.8) is 0 Å². The van der Waals surface area contributed by atoms with Crippen molar-refractivity contribution in [3.05, 3.63) is 77.4 Å². The minimum absolute atomic E-state index is 0.191. The van der Waals surface area contributed by atoms with Gasteiger partial charge < -0.3 is 10.1 Å². The molecule has 1 amide bonds. The van der Waals surface area contributed by atoms with E-state index in [1.807, 2.05) is 42.6 Å². The van der Waals surface area contributed by atoms with E-state index in [4.69, 9.17) is 4.74 Å². The van der Waals surface area contributed by atoms with Gasteiger partial charge in [-0.05, 0) is 36.7 Å². The van der Waals surface area contributed by atoms with Gasteiger partial charge in [-0.15, -0.1) is 0 Å². The molecule has 1 aromatic carbocycles. The van der Waals surface area contributed by atoms with Gasteiger partial charge in [0.1, 0.15) is 11.4 Å². The van der Waals surface area contributed by atoms with Crippen molar-refractivity contribution in [2.24, 2.45) is 0 Å². The summed E-state index contributed by atoms with van der Waals surface area (Å²) in [6.07, 6.45) is 4.75. The van der Waals surface area contributed by atoms with Gasteiger partial charge in [0.2, 0.25) is 0 Å². The molecule has 2 N–H and O–H groups in total. The fourth-order valence-electron chi connectivity index (χ4n) is 3.76. The molecule has 0 spiro atoms. The van der Waals surface area contributed by atoms with Crippen LogP contribution >= 0.6 is 0 Å². The number of nitrogens with zero attached hydrogens (tertiary/aromatic N) is 3. The van der Waals surface area contributed by atoms with Gasteiger partial charge in [-0.3, -0.25) is 19.8 Å². The third-order valence-electron chi connectivity index (χ3n) is 5.30. The quantitative estimate of drug-likeness (QED) is 0.647. The highest BCUT2D eigenvalue weighted by atomic mass is 16.5. The second-order valence-corrected chi connectivity index (χ2v) is 7.29. The lowest BCUT2D eigenvalue weighted by Gasteiger charge is -2.15. The maximum absolute atomic E-state index is 12.5. The fraction of sp³-hybridized carbons (Fsp3) is 0.318. The average Bonchev–Trinajstić information content (AvgIpc) is 3.43. The van der Waals surface area contributed by atoms with Crippen LogP contribution in [-0.4, -0.2) is 46.2 Å². The normalized spacial score (nSPS) is 16.7. The van der Waals surface area contributed by atoms with Gasteiger partial charge in [0.25, 0.3) is 5.91 Å². The Labute approximate surface area is 170 Å². The van der Waals surface area contributed by atoms with Crippen molar-refractivity contribution in [2.75, 3.05) is 20.2 Å². The number of aromatic amines is 1. The third kappa shape index (κ3) is 4.63. The maximum Gasteiger partial charge on any atom is 0.272 e. The number of hydrogen-bond donors (Lipinski definition) is 2. The highest BCUT2D eigenvalue weighted by molar-refractivity contribution is 5.92. The van der Waals surface area contributed by atoms with Crippen LogP contribution in [0.15, 0.2) is 54.9 Å². The minimum atomic E-state index is -0.191. The van der Waals surface area contributed by atoms with Crippen LogP contribution in [0, 0.1) is 0 Å². The van der Waals surface area contributed by atoms with Crippen LogP contribution in [-0.2, 0) is 13.1 Å². The van der Waals surface area contributed by atoms with Crippen LogP contribution < -0.4 is 10.1 Å². The number of carbonyl (C=O) groups excluding carboxylic acids is 1. The number of methoxy groups -OCH3 is 1. The topological polar surface area (TPSA) is 83.1 Å². The summed E-state index contributed by atoms with van der Waals surface area (Å²) < 4.78 is 5.33. The number of nitrogens with one attached hydrogen (secondary N) is 2. The van der Waals surface area contributed by atoms with Gasteiger partial charge in [-0.25, -0.2) is 0 Å². The number of likely N-dealkylation sites (tertiary alicyclic amines) is 1. The number of amides is 1. The van der Waals surface area contributed by atoms with Crippen LogP contribution in [0.25, 0.3) is 0 Å². The lowest BCUT2D eigenvalue weighted by atomic mass is 10.0. The smallest absolute Gasteiger partial charge is 0.272 e. The zero-order valence-corrected chi connectivity index (χ0v) is 16.5. The molecule has 0 saturated carbocycles. The number of H-pyrrole nitrogens is 1. The summed E-state index contributed by atoms with van der Waals surface area (Å²) >= 11 is 0. The molecule has 0 unspecified atom stereocenters. The molecule has 7 heteroatoms. The molecule has 0 aliphatic carbocycles. The van der Waals surface area contributed by atoms with Gasteiger partial charge in [-0.1, -0.05) is 24.3 Å². The Balaban J connectivity index is 1.33. The van der Waals surface area contributed by atoms with E-state index < -0.39 is 0 Å². The Morgan fingerprint density at radius 3 is 3.03 bits per heavy atom. The minimum Gasteiger partial charge on any atom is -0.496 e. The number of ether oxygens (including phenoxy) is 1. The van der Waals surface area contributed by atoms with Crippen LogP contribution in [0.4, 0.5) is 0 Å². The van der Waals surface area contributed by atoms with E-state index in [2.05, 4.69) is 31.5 Å². The van der Waals surface area contributed by atoms with E-state index in [1.165, 1.54) is 5.56 Å². The summed E-state index contributed by atoms with van der Waals surface area (Å²) in [5.41, 5.74) is 3.58. The van der Waals surface area contributed by atoms with Crippen LogP contribution in [0.5, 0.6) is 5.75 Å². The molecule has 7 nitrogen and oxygen atoms in total. The van der Waals surface area contributed by atoms with Crippen LogP contribution in [0.2, 0.25) is 0 Å². The van der Waals surface area contributed by atoms with Gasteiger partial charge in [0.15, 0.2) is 0 Å². The molecule has 1 aliphatic rings. The molecule has 1 aliphatic heterocycles. The molecule has 1 fully saturated rings. The van der Waals surface area contributed by atoms with Crippen molar-refractivity contribution < 1.29 is 9.53 Å². The van der Waals surface area contributed by atoms with Crippen molar-refractivity contribution in [2.45, 2.75) is 25.4 Å². The van der Waals surface area contributed by atoms with E-state index in [0.29, 0.717) is 18.2 Å². The molecule has 3 aromatic rings. The highest BCUT2D eigenvalue weighted by Gasteiger charge is 2.26. The van der Waals surface area contributed by atoms with Crippen LogP contribution in [0.1, 0.15) is 39.6 Å². The number of rotatable bonds is 7. The fourth-order valence-corrected chi connectivity index (χ4v) is 3.76. The Kier molecular flexibility index (Phi) is 5.86. The monoisotopic (exact) mass is 391 g/mol. The zero-order valence-electron chi connectivity index (χ0n) is 16.5. The number of carbonyl (C=O) groups is 1. The number of benzene rings is 1. The van der Waals surface area contributed by atoms with E-state index in [9.17, 15) is 4.79 Å². The van der Waals surface area contributed by atoms with Crippen molar-refractivity contribution in [3.8, 4) is 5.75 Å². The highest BCUT2D eigenvalue weighted by Crippen LogP contribution is 2.27. The molecule has 150 valence electrons. The molecule has 29 heavy (non-hydrogen) atoms. The van der Waals surface area contributed by atoms with E-state index in [1.54, 1.807) is 13.3 Å². The maximum atomic E-state index is 12.5. The summed E-state index contributed by atoms with van der Waals surface area (Å²) in [5.74, 6) is 0.925. The molecular formula is C22H25N5O2. The second kappa shape index (κ2) is 8.87. The summed E-state index contributed by atoms with van der Waals surface area (Å²) in [4.78, 5) is 19.1. The summed E-state index contributed by atoms with van der Waals surface area (Å²) in [7, 11) is 1.62. The van der Waals surface area contributed by atoms with Gasteiger partial charge in [-0.2, -0.15) is 5.10 Å². The van der Waals surface area contributed by atoms with E-state index >= 15 is 0 Å². The SMILES string of the molecule is COc1ccccc1CNC(=O)c1cc([C@@H]2CCN(Cc3cccnc3)C2)[nH]n1. The van der Waals surface area contributed by atoms with Crippen molar-refractivity contribution in [1.29, 1.82) is 0 Å². The number of pyridine rings is 1. The predicted molar refractivity (Wildman–Crippen MR) is 110 cm³/mol. The Hall–Kier alpha value is -3.19. The van der Waals surface area contributed by atoms with E-state index in [0.717, 1.165) is 43.1 Å². The van der Waals surface area contributed by atoms with Crippen molar-refractivity contribution >= 4 is 5.91 Å².